The van der Waals surface area contributed by atoms with Crippen molar-refractivity contribution < 1.29 is 24.8 Å². The van der Waals surface area contributed by atoms with Gasteiger partial charge in [0.05, 0.1) is 13.2 Å². The van der Waals surface area contributed by atoms with E-state index in [1.807, 2.05) is 0 Å². The molecular weight excluding hydrogens is 356 g/mol. The normalized spacial score (nSPS) is 23.6. The highest BCUT2D eigenvalue weighted by Gasteiger charge is 2.40. The average Bonchev–Trinajstić information content (AvgIpc) is 3.07. The van der Waals surface area contributed by atoms with Crippen molar-refractivity contribution in [2.75, 3.05) is 19.8 Å². The SMILES string of the molecule is CCCCCC/C=C/CCCCCCCCCO[C@@H]1[C@H]([C@H](O)CO)OC[C@@H]1O. The Labute approximate surface area is 172 Å². The van der Waals surface area contributed by atoms with E-state index in [0.29, 0.717) is 6.61 Å². The van der Waals surface area contributed by atoms with Crippen molar-refractivity contribution in [3.63, 3.8) is 0 Å². The molecule has 28 heavy (non-hydrogen) atoms. The van der Waals surface area contributed by atoms with E-state index in [9.17, 15) is 10.2 Å². The second-order valence-electron chi connectivity index (χ2n) is 8.03. The van der Waals surface area contributed by atoms with E-state index in [1.165, 1.54) is 70.6 Å². The van der Waals surface area contributed by atoms with E-state index >= 15 is 0 Å². The Balaban J connectivity index is 1.88. The summed E-state index contributed by atoms with van der Waals surface area (Å²) in [5, 5.41) is 28.6. The van der Waals surface area contributed by atoms with Crippen molar-refractivity contribution in [2.45, 2.75) is 115 Å². The van der Waals surface area contributed by atoms with Crippen LogP contribution in [-0.2, 0) is 9.47 Å². The van der Waals surface area contributed by atoms with Gasteiger partial charge in [0.1, 0.15) is 24.4 Å². The van der Waals surface area contributed by atoms with Crippen LogP contribution in [0.4, 0.5) is 0 Å². The van der Waals surface area contributed by atoms with Gasteiger partial charge in [-0.25, -0.2) is 0 Å². The first-order chi connectivity index (χ1) is 13.7. The lowest BCUT2D eigenvalue weighted by molar-refractivity contribution is -0.0938. The molecule has 3 N–H and O–H groups in total. The summed E-state index contributed by atoms with van der Waals surface area (Å²) in [5.74, 6) is 0. The molecular formula is C23H44O5. The molecule has 1 fully saturated rings. The van der Waals surface area contributed by atoms with Gasteiger partial charge in [0, 0.05) is 6.61 Å². The van der Waals surface area contributed by atoms with Gasteiger partial charge in [-0.2, -0.15) is 0 Å². The minimum atomic E-state index is -1.00. The Hall–Kier alpha value is -0.460. The van der Waals surface area contributed by atoms with Gasteiger partial charge in [-0.3, -0.25) is 0 Å². The van der Waals surface area contributed by atoms with Gasteiger partial charge in [0.2, 0.25) is 0 Å². The summed E-state index contributed by atoms with van der Waals surface area (Å²) in [5.41, 5.74) is 0. The van der Waals surface area contributed by atoms with Crippen LogP contribution in [0.3, 0.4) is 0 Å². The molecule has 0 amide bonds. The standard InChI is InChI=1S/C23H44O5/c1-2-3-4-5-6-7-8-9-10-11-12-13-14-15-16-17-27-23-21(26)19-28-22(23)20(25)18-24/h7-8,20-26H,2-6,9-19H2,1H3/b8-7+/t20-,21+,22+,23+/m1/s1. The summed E-state index contributed by atoms with van der Waals surface area (Å²) in [6.07, 6.45) is 18.1. The lowest BCUT2D eigenvalue weighted by atomic mass is 10.1. The lowest BCUT2D eigenvalue weighted by Gasteiger charge is -2.23. The molecule has 1 saturated heterocycles. The molecule has 5 nitrogen and oxygen atoms in total. The topological polar surface area (TPSA) is 79.2 Å². The zero-order chi connectivity index (χ0) is 20.5. The first-order valence-electron chi connectivity index (χ1n) is 11.6. The van der Waals surface area contributed by atoms with Gasteiger partial charge in [-0.1, -0.05) is 70.4 Å². The Morgan fingerprint density at radius 1 is 0.929 bits per heavy atom. The van der Waals surface area contributed by atoms with E-state index in [2.05, 4.69) is 19.1 Å². The molecule has 1 aliphatic heterocycles. The summed E-state index contributed by atoms with van der Waals surface area (Å²) in [4.78, 5) is 0. The first kappa shape index (κ1) is 25.6. The molecule has 1 heterocycles. The summed E-state index contributed by atoms with van der Waals surface area (Å²) in [7, 11) is 0. The van der Waals surface area contributed by atoms with Crippen LogP contribution in [0.5, 0.6) is 0 Å². The Morgan fingerprint density at radius 3 is 2.11 bits per heavy atom. The third-order valence-electron chi connectivity index (χ3n) is 5.45. The molecule has 0 saturated carbocycles. The van der Waals surface area contributed by atoms with Crippen molar-refractivity contribution >= 4 is 0 Å². The number of aliphatic hydroxyl groups is 3. The quantitative estimate of drug-likeness (QED) is 0.238. The van der Waals surface area contributed by atoms with Crippen LogP contribution >= 0.6 is 0 Å². The lowest BCUT2D eigenvalue weighted by Crippen LogP contribution is -2.42. The summed E-state index contributed by atoms with van der Waals surface area (Å²) in [6.45, 7) is 2.58. The fourth-order valence-corrected chi connectivity index (χ4v) is 3.65. The maximum absolute atomic E-state index is 9.88. The zero-order valence-electron chi connectivity index (χ0n) is 17.9. The molecule has 0 aromatic rings. The molecule has 0 aliphatic carbocycles. The van der Waals surface area contributed by atoms with Crippen molar-refractivity contribution in [3.8, 4) is 0 Å². The maximum atomic E-state index is 9.88. The van der Waals surface area contributed by atoms with Crippen LogP contribution in [0.25, 0.3) is 0 Å². The number of aliphatic hydroxyl groups excluding tert-OH is 3. The number of unbranched alkanes of at least 4 members (excludes halogenated alkanes) is 11. The third kappa shape index (κ3) is 11.5. The number of ether oxygens (including phenoxy) is 2. The molecule has 5 heteroatoms. The Kier molecular flexibility index (Phi) is 15.9. The molecule has 1 rings (SSSR count). The summed E-state index contributed by atoms with van der Waals surface area (Å²) >= 11 is 0. The van der Waals surface area contributed by atoms with Crippen LogP contribution in [-0.4, -0.2) is 59.6 Å². The van der Waals surface area contributed by atoms with Gasteiger partial charge in [-0.05, 0) is 32.1 Å². The minimum Gasteiger partial charge on any atom is -0.394 e. The number of hydrogen-bond donors (Lipinski definition) is 3. The fraction of sp³-hybridized carbons (Fsp3) is 0.913. The molecule has 0 radical (unpaired) electrons. The van der Waals surface area contributed by atoms with E-state index < -0.39 is 24.4 Å². The third-order valence-corrected chi connectivity index (χ3v) is 5.45. The Morgan fingerprint density at radius 2 is 1.50 bits per heavy atom. The average molecular weight is 401 g/mol. The van der Waals surface area contributed by atoms with Crippen LogP contribution in [0, 0.1) is 0 Å². The highest BCUT2D eigenvalue weighted by atomic mass is 16.6. The second kappa shape index (κ2) is 17.4. The van der Waals surface area contributed by atoms with Gasteiger partial charge in [0.25, 0.3) is 0 Å². The van der Waals surface area contributed by atoms with E-state index in [1.54, 1.807) is 0 Å². The van der Waals surface area contributed by atoms with Crippen molar-refractivity contribution in [1.82, 2.24) is 0 Å². The van der Waals surface area contributed by atoms with Crippen LogP contribution < -0.4 is 0 Å². The van der Waals surface area contributed by atoms with Crippen LogP contribution in [0.2, 0.25) is 0 Å². The van der Waals surface area contributed by atoms with E-state index in [4.69, 9.17) is 14.6 Å². The molecule has 1 aliphatic rings. The molecule has 166 valence electrons. The highest BCUT2D eigenvalue weighted by molar-refractivity contribution is 4.89. The molecule has 0 aromatic carbocycles. The Bertz CT molecular complexity index is 374. The predicted octanol–water partition coefficient (Wildman–Crippen LogP) is 4.13. The fourth-order valence-electron chi connectivity index (χ4n) is 3.65. The molecule has 0 unspecified atom stereocenters. The van der Waals surface area contributed by atoms with Crippen LogP contribution in [0.15, 0.2) is 12.2 Å². The van der Waals surface area contributed by atoms with E-state index in [0.717, 1.165) is 12.8 Å². The molecule has 4 atom stereocenters. The first-order valence-corrected chi connectivity index (χ1v) is 11.6. The largest absolute Gasteiger partial charge is 0.394 e. The molecule has 0 aromatic heterocycles. The van der Waals surface area contributed by atoms with E-state index in [-0.39, 0.29) is 13.2 Å². The predicted molar refractivity (Wildman–Crippen MR) is 113 cm³/mol. The monoisotopic (exact) mass is 400 g/mol. The molecule has 0 spiro atoms. The number of hydrogen-bond acceptors (Lipinski definition) is 5. The number of allylic oxidation sites excluding steroid dienone is 2. The smallest absolute Gasteiger partial charge is 0.114 e. The molecule has 0 bridgehead atoms. The van der Waals surface area contributed by atoms with Crippen molar-refractivity contribution in [3.05, 3.63) is 12.2 Å². The summed E-state index contributed by atoms with van der Waals surface area (Å²) in [6, 6.07) is 0. The van der Waals surface area contributed by atoms with Gasteiger partial charge in [0.15, 0.2) is 0 Å². The van der Waals surface area contributed by atoms with Gasteiger partial charge in [-0.15, -0.1) is 0 Å². The number of rotatable bonds is 18. The maximum Gasteiger partial charge on any atom is 0.114 e. The minimum absolute atomic E-state index is 0.153. The van der Waals surface area contributed by atoms with Crippen molar-refractivity contribution in [1.29, 1.82) is 0 Å². The van der Waals surface area contributed by atoms with Gasteiger partial charge >= 0.3 is 0 Å². The second-order valence-corrected chi connectivity index (χ2v) is 8.03. The van der Waals surface area contributed by atoms with Crippen molar-refractivity contribution in [2.24, 2.45) is 0 Å². The summed E-state index contributed by atoms with van der Waals surface area (Å²) < 4.78 is 11.0. The van der Waals surface area contributed by atoms with Crippen LogP contribution in [0.1, 0.15) is 90.4 Å². The highest BCUT2D eigenvalue weighted by Crippen LogP contribution is 2.21. The van der Waals surface area contributed by atoms with Gasteiger partial charge < -0.3 is 24.8 Å². The zero-order valence-corrected chi connectivity index (χ0v) is 17.9.